The van der Waals surface area contributed by atoms with Crippen LogP contribution >= 0.6 is 35.0 Å². The normalized spacial score (nSPS) is 10.2. The molecule has 0 atom stereocenters. The van der Waals surface area contributed by atoms with Gasteiger partial charge in [-0.15, -0.1) is 11.8 Å². The molecule has 0 unspecified atom stereocenters. The van der Waals surface area contributed by atoms with Crippen LogP contribution in [-0.2, 0) is 0 Å². The maximum absolute atomic E-state index is 8.90. The summed E-state index contributed by atoms with van der Waals surface area (Å²) in [4.78, 5) is 0.816. The Morgan fingerprint density at radius 2 is 1.85 bits per heavy atom. The highest BCUT2D eigenvalue weighted by Crippen LogP contribution is 2.30. The van der Waals surface area contributed by atoms with E-state index in [4.69, 9.17) is 33.2 Å². The molecule has 2 N–H and O–H groups in total. The average molecular weight is 237 g/mol. The zero-order valence-corrected chi connectivity index (χ0v) is 9.12. The monoisotopic (exact) mass is 236 g/mol. The van der Waals surface area contributed by atoms with Gasteiger partial charge in [0, 0.05) is 10.4 Å². The van der Waals surface area contributed by atoms with Crippen LogP contribution in [0.3, 0.4) is 0 Å². The molecular formula is C7H7BCl2O2S. The fourth-order valence-corrected chi connectivity index (χ4v) is 2.11. The molecule has 0 aliphatic carbocycles. The molecule has 0 saturated heterocycles. The SMILES string of the molecule is CSc1ccc(B(O)O)c(Cl)c1Cl. The molecule has 0 heterocycles. The highest BCUT2D eigenvalue weighted by Gasteiger charge is 2.18. The first kappa shape index (κ1) is 11.2. The van der Waals surface area contributed by atoms with Crippen LogP contribution in [0.4, 0.5) is 0 Å². The fraction of sp³-hybridized carbons (Fsp3) is 0.143. The van der Waals surface area contributed by atoms with Crippen LogP contribution in [0, 0.1) is 0 Å². The maximum Gasteiger partial charge on any atom is 0.490 e. The summed E-state index contributed by atoms with van der Waals surface area (Å²) in [6.07, 6.45) is 1.87. The Morgan fingerprint density at radius 3 is 2.31 bits per heavy atom. The molecule has 1 aromatic carbocycles. The van der Waals surface area contributed by atoms with Crippen molar-refractivity contribution in [1.29, 1.82) is 0 Å². The standard InChI is InChI=1S/C7H7BCl2O2S/c1-13-5-3-2-4(8(11)12)6(9)7(5)10/h2-3,11-12H,1H3. The fourth-order valence-electron chi connectivity index (χ4n) is 0.904. The number of hydrogen-bond acceptors (Lipinski definition) is 3. The van der Waals surface area contributed by atoms with Gasteiger partial charge in [0.1, 0.15) is 0 Å². The zero-order chi connectivity index (χ0) is 10.0. The molecule has 6 heteroatoms. The lowest BCUT2D eigenvalue weighted by Crippen LogP contribution is -2.30. The molecule has 0 amide bonds. The van der Waals surface area contributed by atoms with E-state index in [9.17, 15) is 0 Å². The van der Waals surface area contributed by atoms with E-state index in [-0.39, 0.29) is 10.5 Å². The lowest BCUT2D eigenvalue weighted by Gasteiger charge is -2.07. The van der Waals surface area contributed by atoms with Crippen LogP contribution in [0.2, 0.25) is 10.0 Å². The minimum Gasteiger partial charge on any atom is -0.423 e. The second-order valence-corrected chi connectivity index (χ2v) is 3.96. The first-order valence-electron chi connectivity index (χ1n) is 3.46. The number of thioether (sulfide) groups is 1. The van der Waals surface area contributed by atoms with Crippen molar-refractivity contribution >= 4 is 47.5 Å². The summed E-state index contributed by atoms with van der Waals surface area (Å²) in [5.74, 6) is 0. The van der Waals surface area contributed by atoms with Gasteiger partial charge in [0.15, 0.2) is 0 Å². The average Bonchev–Trinajstić information content (AvgIpc) is 2.09. The summed E-state index contributed by atoms with van der Waals surface area (Å²) in [6.45, 7) is 0. The van der Waals surface area contributed by atoms with Gasteiger partial charge < -0.3 is 10.0 Å². The lowest BCUT2D eigenvalue weighted by molar-refractivity contribution is 0.426. The van der Waals surface area contributed by atoms with E-state index in [2.05, 4.69) is 0 Å². The van der Waals surface area contributed by atoms with Crippen molar-refractivity contribution in [3.05, 3.63) is 22.2 Å². The Hall–Kier alpha value is 0.135. The van der Waals surface area contributed by atoms with Gasteiger partial charge >= 0.3 is 7.12 Å². The van der Waals surface area contributed by atoms with Gasteiger partial charge in [-0.25, -0.2) is 0 Å². The second-order valence-electron chi connectivity index (χ2n) is 2.36. The Balaban J connectivity index is 3.23. The third-order valence-corrected chi connectivity index (χ3v) is 3.36. The summed E-state index contributed by atoms with van der Waals surface area (Å²) in [6, 6.07) is 3.25. The molecule has 2 nitrogen and oxygen atoms in total. The number of hydrogen-bond donors (Lipinski definition) is 2. The minimum atomic E-state index is -1.58. The van der Waals surface area contributed by atoms with Crippen LogP contribution in [0.15, 0.2) is 17.0 Å². The maximum atomic E-state index is 8.90. The van der Waals surface area contributed by atoms with E-state index in [1.54, 1.807) is 12.1 Å². The van der Waals surface area contributed by atoms with Gasteiger partial charge in [-0.3, -0.25) is 0 Å². The van der Waals surface area contributed by atoms with E-state index in [1.165, 1.54) is 11.8 Å². The van der Waals surface area contributed by atoms with E-state index in [0.717, 1.165) is 4.90 Å². The van der Waals surface area contributed by atoms with Gasteiger partial charge in [-0.1, -0.05) is 29.3 Å². The molecule has 1 aromatic rings. The van der Waals surface area contributed by atoms with E-state index in [0.29, 0.717) is 5.02 Å². The second kappa shape index (κ2) is 4.57. The summed E-state index contributed by atoms with van der Waals surface area (Å²) < 4.78 is 0. The third kappa shape index (κ3) is 2.33. The molecule has 13 heavy (non-hydrogen) atoms. The van der Waals surface area contributed by atoms with Crippen molar-refractivity contribution in [2.75, 3.05) is 6.26 Å². The van der Waals surface area contributed by atoms with Gasteiger partial charge in [-0.05, 0) is 12.3 Å². The van der Waals surface area contributed by atoms with Crippen LogP contribution in [0.25, 0.3) is 0 Å². The first-order valence-corrected chi connectivity index (χ1v) is 5.44. The molecule has 0 aliphatic heterocycles. The first-order chi connectivity index (χ1) is 6.07. The number of halogens is 2. The highest BCUT2D eigenvalue weighted by molar-refractivity contribution is 7.98. The van der Waals surface area contributed by atoms with Crippen LogP contribution < -0.4 is 5.46 Å². The Kier molecular flexibility index (Phi) is 3.95. The number of rotatable bonds is 2. The quantitative estimate of drug-likeness (QED) is 0.603. The molecular weight excluding hydrogens is 230 g/mol. The Bertz CT molecular complexity index is 320. The summed E-state index contributed by atoms with van der Waals surface area (Å²) >= 11 is 13.1. The molecule has 0 fully saturated rings. The van der Waals surface area contributed by atoms with Crippen molar-refractivity contribution < 1.29 is 10.0 Å². The van der Waals surface area contributed by atoms with Crippen molar-refractivity contribution in [1.82, 2.24) is 0 Å². The van der Waals surface area contributed by atoms with Crippen molar-refractivity contribution in [2.24, 2.45) is 0 Å². The van der Waals surface area contributed by atoms with Crippen LogP contribution in [0.5, 0.6) is 0 Å². The third-order valence-electron chi connectivity index (χ3n) is 1.57. The topological polar surface area (TPSA) is 40.5 Å². The molecule has 0 radical (unpaired) electrons. The molecule has 0 bridgehead atoms. The van der Waals surface area contributed by atoms with E-state index >= 15 is 0 Å². The van der Waals surface area contributed by atoms with Crippen molar-refractivity contribution in [3.63, 3.8) is 0 Å². The highest BCUT2D eigenvalue weighted by atomic mass is 35.5. The molecule has 0 saturated carbocycles. The van der Waals surface area contributed by atoms with Crippen LogP contribution in [-0.4, -0.2) is 23.4 Å². The van der Waals surface area contributed by atoms with Crippen LogP contribution in [0.1, 0.15) is 0 Å². The smallest absolute Gasteiger partial charge is 0.423 e. The Morgan fingerprint density at radius 1 is 1.23 bits per heavy atom. The van der Waals surface area contributed by atoms with E-state index < -0.39 is 7.12 Å². The summed E-state index contributed by atoms with van der Waals surface area (Å²) in [5, 5.41) is 18.4. The van der Waals surface area contributed by atoms with Crippen molar-refractivity contribution in [3.8, 4) is 0 Å². The zero-order valence-electron chi connectivity index (χ0n) is 6.79. The van der Waals surface area contributed by atoms with Gasteiger partial charge in [0.2, 0.25) is 0 Å². The lowest BCUT2D eigenvalue weighted by atomic mass is 9.80. The summed E-state index contributed by atoms with van der Waals surface area (Å²) in [5.41, 5.74) is 0.226. The molecule has 0 spiro atoms. The Labute approximate surface area is 91.0 Å². The predicted molar refractivity (Wildman–Crippen MR) is 58.1 cm³/mol. The largest absolute Gasteiger partial charge is 0.490 e. The summed E-state index contributed by atoms with van der Waals surface area (Å²) in [7, 11) is -1.58. The number of benzene rings is 1. The van der Waals surface area contributed by atoms with E-state index in [1.807, 2.05) is 6.26 Å². The molecule has 1 rings (SSSR count). The molecule has 70 valence electrons. The van der Waals surface area contributed by atoms with Gasteiger partial charge in [-0.2, -0.15) is 0 Å². The predicted octanol–water partition coefficient (Wildman–Crippen LogP) is 1.40. The minimum absolute atomic E-state index is 0.198. The van der Waals surface area contributed by atoms with Crippen molar-refractivity contribution in [2.45, 2.75) is 4.90 Å². The van der Waals surface area contributed by atoms with Gasteiger partial charge in [0.05, 0.1) is 10.0 Å². The van der Waals surface area contributed by atoms with Gasteiger partial charge in [0.25, 0.3) is 0 Å². The molecule has 0 aromatic heterocycles. The molecule has 0 aliphatic rings.